The van der Waals surface area contributed by atoms with Crippen LogP contribution in [0, 0.1) is 6.08 Å². The van der Waals surface area contributed by atoms with E-state index in [4.69, 9.17) is 5.11 Å². The molecule has 0 rings (SSSR count). The van der Waals surface area contributed by atoms with Gasteiger partial charge in [-0.05, 0) is 13.8 Å². The molecule has 62 valence electrons. The van der Waals surface area contributed by atoms with Crippen LogP contribution in [0.25, 0.3) is 0 Å². The van der Waals surface area contributed by atoms with Crippen LogP contribution < -0.4 is 0 Å². The largest absolute Gasteiger partial charge is 0.597 e. The number of carbonyl (C=O) groups excluding carboxylic acids is 1. The van der Waals surface area contributed by atoms with Crippen molar-refractivity contribution >= 4 is 5.97 Å². The van der Waals surface area contributed by atoms with Crippen molar-refractivity contribution in [1.29, 1.82) is 0 Å². The third kappa shape index (κ3) is 5.18. The lowest BCUT2D eigenvalue weighted by Crippen LogP contribution is -2.03. The second-order valence-corrected chi connectivity index (χ2v) is 1.58. The number of aliphatic hydroxyl groups excluding tert-OH is 1. The van der Waals surface area contributed by atoms with Crippen molar-refractivity contribution < 1.29 is 19.4 Å². The molecule has 0 spiro atoms. The molecule has 0 bridgehead atoms. The Balaban J connectivity index is 3.76. The lowest BCUT2D eigenvalue weighted by Gasteiger charge is -1.88. The van der Waals surface area contributed by atoms with Crippen LogP contribution in [0.1, 0.15) is 13.8 Å². The van der Waals surface area contributed by atoms with E-state index >= 15 is 0 Å². The van der Waals surface area contributed by atoms with Gasteiger partial charge in [-0.15, -0.1) is 0 Å². The average molecular weight is 159 g/mol. The highest BCUT2D eigenvalue weighted by Crippen LogP contribution is 1.90. The Bertz CT molecular complexity index is 151. The Hall–Kier alpha value is -1.28. The van der Waals surface area contributed by atoms with Gasteiger partial charge >= 0.3 is 18.0 Å². The van der Waals surface area contributed by atoms with E-state index in [9.17, 15) is 4.79 Å². The summed E-state index contributed by atoms with van der Waals surface area (Å²) in [5.74, 6) is -1.26. The van der Waals surface area contributed by atoms with Crippen LogP contribution >= 0.6 is 0 Å². The lowest BCUT2D eigenvalue weighted by atomic mass is 10.6. The van der Waals surface area contributed by atoms with E-state index in [0.717, 1.165) is 0 Å². The van der Waals surface area contributed by atoms with Gasteiger partial charge in [-0.3, -0.25) is 0 Å². The summed E-state index contributed by atoms with van der Waals surface area (Å²) in [5.41, 5.74) is 0. The predicted molar refractivity (Wildman–Crippen MR) is 37.6 cm³/mol. The van der Waals surface area contributed by atoms with Crippen molar-refractivity contribution in [2.75, 3.05) is 13.2 Å². The lowest BCUT2D eigenvalue weighted by molar-refractivity contribution is -0.138. The molecule has 0 unspecified atom stereocenters. The summed E-state index contributed by atoms with van der Waals surface area (Å²) >= 11 is 0. The summed E-state index contributed by atoms with van der Waals surface area (Å²) in [5, 5.41) is 8.73. The molecule has 0 saturated carbocycles. The number of hydrogen-bond donors (Lipinski definition) is 1. The summed E-state index contributed by atoms with van der Waals surface area (Å²) in [4.78, 5) is 10.5. The van der Waals surface area contributed by atoms with Crippen LogP contribution in [0.4, 0.5) is 0 Å². The fourth-order valence-electron chi connectivity index (χ4n) is 0.427. The normalized spacial score (nSPS) is 10.2. The maximum absolute atomic E-state index is 10.5. The molecule has 0 aliphatic carbocycles. The van der Waals surface area contributed by atoms with Gasteiger partial charge in [0.15, 0.2) is 0 Å². The van der Waals surface area contributed by atoms with E-state index in [2.05, 4.69) is 9.47 Å². The van der Waals surface area contributed by atoms with E-state index in [1.165, 1.54) is 0 Å². The van der Waals surface area contributed by atoms with Crippen LogP contribution in [-0.2, 0) is 14.3 Å². The minimum absolute atomic E-state index is 0.255. The first-order valence-electron chi connectivity index (χ1n) is 3.33. The summed E-state index contributed by atoms with van der Waals surface area (Å²) in [6.07, 6.45) is 1.97. The second kappa shape index (κ2) is 5.50. The van der Waals surface area contributed by atoms with Crippen molar-refractivity contribution in [3.63, 3.8) is 0 Å². The Labute approximate surface area is 65.4 Å². The second-order valence-electron chi connectivity index (χ2n) is 1.58. The first kappa shape index (κ1) is 9.72. The molecule has 1 N–H and O–H groups in total. The van der Waals surface area contributed by atoms with Gasteiger partial charge in [0.05, 0.1) is 13.2 Å². The number of ether oxygens (including phenoxy) is 2. The third-order valence-electron chi connectivity index (χ3n) is 0.765. The Kier molecular flexibility index (Phi) is 4.86. The minimum Gasteiger partial charge on any atom is -0.439 e. The molecule has 0 aromatic rings. The van der Waals surface area contributed by atoms with E-state index in [1.54, 1.807) is 13.8 Å². The van der Waals surface area contributed by atoms with E-state index in [1.807, 2.05) is 6.08 Å². The first-order valence-corrected chi connectivity index (χ1v) is 3.33. The van der Waals surface area contributed by atoms with Crippen LogP contribution in [-0.4, -0.2) is 24.3 Å². The molecule has 0 fully saturated rings. The number of aliphatic hydroxyl groups is 1. The summed E-state index contributed by atoms with van der Waals surface area (Å²) in [6, 6.07) is 0. The van der Waals surface area contributed by atoms with Crippen molar-refractivity contribution in [2.24, 2.45) is 0 Å². The van der Waals surface area contributed by atoms with Crippen molar-refractivity contribution in [3.8, 4) is 0 Å². The Morgan fingerprint density at radius 1 is 1.36 bits per heavy atom. The van der Waals surface area contributed by atoms with E-state index in [0.29, 0.717) is 0 Å². The van der Waals surface area contributed by atoms with Crippen molar-refractivity contribution in [1.82, 2.24) is 0 Å². The smallest absolute Gasteiger partial charge is 0.439 e. The topological polar surface area (TPSA) is 55.8 Å². The number of rotatable bonds is 4. The molecule has 4 nitrogen and oxygen atoms in total. The van der Waals surface area contributed by atoms with E-state index < -0.39 is 11.9 Å². The molecule has 0 saturated heterocycles. The zero-order chi connectivity index (χ0) is 8.69. The summed E-state index contributed by atoms with van der Waals surface area (Å²) < 4.78 is 8.97. The Morgan fingerprint density at radius 3 is 2.36 bits per heavy atom. The van der Waals surface area contributed by atoms with Gasteiger partial charge < -0.3 is 14.6 Å². The van der Waals surface area contributed by atoms with Crippen molar-refractivity contribution in [2.45, 2.75) is 13.8 Å². The van der Waals surface area contributed by atoms with Crippen molar-refractivity contribution in [3.05, 3.63) is 12.0 Å². The van der Waals surface area contributed by atoms with Gasteiger partial charge in [0.25, 0.3) is 0 Å². The molecule has 11 heavy (non-hydrogen) atoms. The van der Waals surface area contributed by atoms with Crippen LogP contribution in [0.15, 0.2) is 5.95 Å². The van der Waals surface area contributed by atoms with Crippen LogP contribution in [0.2, 0.25) is 0 Å². The summed E-state index contributed by atoms with van der Waals surface area (Å²) in [6.45, 7) is 3.89. The highest BCUT2D eigenvalue weighted by Gasteiger charge is 2.21. The van der Waals surface area contributed by atoms with Gasteiger partial charge in [0.1, 0.15) is 0 Å². The van der Waals surface area contributed by atoms with Gasteiger partial charge in [-0.25, -0.2) is 0 Å². The zero-order valence-electron chi connectivity index (χ0n) is 6.59. The molecular weight excluding hydrogens is 148 g/mol. The average Bonchev–Trinajstić information content (AvgIpc) is 1.87. The fraction of sp³-hybridized carbons (Fsp3) is 0.571. The van der Waals surface area contributed by atoms with E-state index in [-0.39, 0.29) is 13.2 Å². The number of carbonyl (C=O) groups is 1. The molecule has 0 amide bonds. The minimum atomic E-state index is -0.724. The molecular formula is C7H11O4+. The Morgan fingerprint density at radius 2 is 1.91 bits per heavy atom. The molecule has 4 heteroatoms. The van der Waals surface area contributed by atoms with Gasteiger partial charge in [0, 0.05) is 0 Å². The van der Waals surface area contributed by atoms with Crippen LogP contribution in [0.3, 0.4) is 0 Å². The summed E-state index contributed by atoms with van der Waals surface area (Å²) in [7, 11) is 0. The molecule has 0 aliphatic heterocycles. The first-order chi connectivity index (χ1) is 5.20. The van der Waals surface area contributed by atoms with Crippen LogP contribution in [0.5, 0.6) is 0 Å². The third-order valence-corrected chi connectivity index (χ3v) is 0.765. The predicted octanol–water partition coefficient (Wildman–Crippen LogP) is 0.789. The zero-order valence-corrected chi connectivity index (χ0v) is 6.59. The monoisotopic (exact) mass is 159 g/mol. The maximum Gasteiger partial charge on any atom is 0.597 e. The molecule has 0 atom stereocenters. The standard InChI is InChI=1S/C7H10O4/c1-3-10-6(8)5-7(9)11-4-2/h3-4H2,1-2H3/p+1. The molecule has 0 aliphatic rings. The number of esters is 1. The molecule has 0 heterocycles. The fourth-order valence-corrected chi connectivity index (χ4v) is 0.427. The highest BCUT2D eigenvalue weighted by atomic mass is 16.6. The van der Waals surface area contributed by atoms with Gasteiger partial charge in [0.2, 0.25) is 0 Å². The maximum atomic E-state index is 10.5. The van der Waals surface area contributed by atoms with Gasteiger partial charge in [-0.1, -0.05) is 0 Å². The molecule has 0 radical (unpaired) electrons. The number of hydrogen-bond acceptors (Lipinski definition) is 4. The SMILES string of the molecule is CCOC(=O)[C+]=C(O)OCC. The molecule has 0 aromatic heterocycles. The highest BCUT2D eigenvalue weighted by molar-refractivity contribution is 5.77. The molecule has 0 aromatic carbocycles. The quantitative estimate of drug-likeness (QED) is 0.285. The van der Waals surface area contributed by atoms with Gasteiger partial charge in [-0.2, -0.15) is 4.79 Å².